The van der Waals surface area contributed by atoms with Crippen LogP contribution in [0.2, 0.25) is 0 Å². The van der Waals surface area contributed by atoms with E-state index >= 15 is 0 Å². The number of aromatic hydroxyl groups is 1. The molecule has 3 aromatic heterocycles. The van der Waals surface area contributed by atoms with Crippen LogP contribution in [-0.4, -0.2) is 62.3 Å². The molecule has 1 aliphatic rings. The van der Waals surface area contributed by atoms with Crippen LogP contribution in [-0.2, 0) is 0 Å². The van der Waals surface area contributed by atoms with Crippen molar-refractivity contribution in [2.45, 2.75) is 13.3 Å². The van der Waals surface area contributed by atoms with Gasteiger partial charge in [0.25, 0.3) is 0 Å². The van der Waals surface area contributed by atoms with Crippen molar-refractivity contribution in [3.63, 3.8) is 0 Å². The molecule has 1 aliphatic heterocycles. The Morgan fingerprint density at radius 3 is 2.47 bits per heavy atom. The number of phenolic OH excluding ortho intramolecular Hbond substituents is 1. The van der Waals surface area contributed by atoms with Gasteiger partial charge in [0, 0.05) is 44.6 Å². The SMILES string of the molecule is CCCNc1nc(N2CCN(c3ccc(O)cc3)CC2)nc2c1ncn2-c1cccnc1. The second-order valence-electron chi connectivity index (χ2n) is 7.79. The van der Waals surface area contributed by atoms with E-state index in [0.717, 1.165) is 67.5 Å². The van der Waals surface area contributed by atoms with E-state index in [-0.39, 0.29) is 5.75 Å². The van der Waals surface area contributed by atoms with Crippen LogP contribution in [0.1, 0.15) is 13.3 Å². The number of imidazole rings is 1. The van der Waals surface area contributed by atoms with Crippen LogP contribution < -0.4 is 15.1 Å². The maximum atomic E-state index is 9.55. The lowest BCUT2D eigenvalue weighted by Crippen LogP contribution is -2.47. The second-order valence-corrected chi connectivity index (χ2v) is 7.79. The maximum absolute atomic E-state index is 9.55. The standard InChI is InChI=1S/C23H26N8O/c1-2-9-25-21-20-22(31(16-26-20)18-4-3-10-24-15-18)28-23(27-21)30-13-11-29(12-14-30)17-5-7-19(32)8-6-17/h3-8,10,15-16,32H,2,9,11-14H2,1H3,(H,25,27,28). The quantitative estimate of drug-likeness (QED) is 0.482. The van der Waals surface area contributed by atoms with Gasteiger partial charge in [-0.15, -0.1) is 0 Å². The van der Waals surface area contributed by atoms with Gasteiger partial charge in [-0.3, -0.25) is 9.55 Å². The van der Waals surface area contributed by atoms with Crippen LogP contribution in [0.3, 0.4) is 0 Å². The molecule has 9 heteroatoms. The van der Waals surface area contributed by atoms with E-state index in [9.17, 15) is 5.11 Å². The summed E-state index contributed by atoms with van der Waals surface area (Å²) >= 11 is 0. The average Bonchev–Trinajstić information content (AvgIpc) is 3.28. The number of rotatable bonds is 6. The molecular weight excluding hydrogens is 404 g/mol. The van der Waals surface area contributed by atoms with Gasteiger partial charge in [0.05, 0.1) is 11.9 Å². The first-order valence-electron chi connectivity index (χ1n) is 10.9. The van der Waals surface area contributed by atoms with Crippen LogP contribution in [0.25, 0.3) is 16.9 Å². The van der Waals surface area contributed by atoms with Crippen molar-refractivity contribution in [2.75, 3.05) is 47.8 Å². The predicted molar refractivity (Wildman–Crippen MR) is 126 cm³/mol. The van der Waals surface area contributed by atoms with Gasteiger partial charge >= 0.3 is 0 Å². The Bertz CT molecular complexity index is 1180. The summed E-state index contributed by atoms with van der Waals surface area (Å²) in [5, 5.41) is 13.0. The van der Waals surface area contributed by atoms with Crippen LogP contribution in [0.4, 0.5) is 17.5 Å². The van der Waals surface area contributed by atoms with Gasteiger partial charge in [0.1, 0.15) is 12.1 Å². The molecule has 0 radical (unpaired) electrons. The highest BCUT2D eigenvalue weighted by Gasteiger charge is 2.22. The van der Waals surface area contributed by atoms with Crippen molar-refractivity contribution in [3.05, 3.63) is 55.1 Å². The van der Waals surface area contributed by atoms with Gasteiger partial charge in [0.2, 0.25) is 5.95 Å². The minimum absolute atomic E-state index is 0.284. The molecule has 1 aromatic carbocycles. The van der Waals surface area contributed by atoms with Crippen LogP contribution in [0.15, 0.2) is 55.1 Å². The zero-order chi connectivity index (χ0) is 21.9. The molecule has 5 rings (SSSR count). The number of hydrogen-bond acceptors (Lipinski definition) is 8. The topological polar surface area (TPSA) is 95.2 Å². The number of nitrogens with one attached hydrogen (secondary N) is 1. The number of hydrogen-bond donors (Lipinski definition) is 2. The zero-order valence-corrected chi connectivity index (χ0v) is 18.0. The molecule has 2 N–H and O–H groups in total. The summed E-state index contributed by atoms with van der Waals surface area (Å²) in [6, 6.07) is 11.3. The number of benzene rings is 1. The van der Waals surface area contributed by atoms with E-state index in [4.69, 9.17) is 9.97 Å². The van der Waals surface area contributed by atoms with E-state index in [1.807, 2.05) is 28.8 Å². The molecule has 0 bridgehead atoms. The van der Waals surface area contributed by atoms with Gasteiger partial charge in [-0.1, -0.05) is 6.92 Å². The summed E-state index contributed by atoms with van der Waals surface area (Å²) in [7, 11) is 0. The summed E-state index contributed by atoms with van der Waals surface area (Å²) in [6.45, 7) is 6.27. The third kappa shape index (κ3) is 3.89. The zero-order valence-electron chi connectivity index (χ0n) is 18.0. The summed E-state index contributed by atoms with van der Waals surface area (Å²) in [4.78, 5) is 23.1. The van der Waals surface area contributed by atoms with Gasteiger partial charge in [-0.2, -0.15) is 9.97 Å². The van der Waals surface area contributed by atoms with Crippen LogP contribution >= 0.6 is 0 Å². The third-order valence-electron chi connectivity index (χ3n) is 5.63. The van der Waals surface area contributed by atoms with E-state index in [2.05, 4.69) is 32.0 Å². The Morgan fingerprint density at radius 1 is 0.969 bits per heavy atom. The molecule has 4 aromatic rings. The fourth-order valence-electron chi connectivity index (χ4n) is 3.91. The highest BCUT2D eigenvalue weighted by molar-refractivity contribution is 5.85. The number of nitrogens with zero attached hydrogens (tertiary/aromatic N) is 7. The number of piperazine rings is 1. The molecule has 0 unspecified atom stereocenters. The highest BCUT2D eigenvalue weighted by atomic mass is 16.3. The van der Waals surface area contributed by atoms with Crippen LogP contribution in [0, 0.1) is 0 Å². The number of pyridine rings is 1. The number of phenols is 1. The summed E-state index contributed by atoms with van der Waals surface area (Å²) < 4.78 is 1.96. The highest BCUT2D eigenvalue weighted by Crippen LogP contribution is 2.26. The Balaban J connectivity index is 1.45. The monoisotopic (exact) mass is 430 g/mol. The molecule has 0 saturated carbocycles. The molecule has 0 spiro atoms. The summed E-state index contributed by atoms with van der Waals surface area (Å²) in [6.07, 6.45) is 6.33. The molecule has 164 valence electrons. The van der Waals surface area contributed by atoms with E-state index in [1.165, 1.54) is 0 Å². The van der Waals surface area contributed by atoms with E-state index in [1.54, 1.807) is 30.9 Å². The molecule has 0 atom stereocenters. The predicted octanol–water partition coefficient (Wildman–Crippen LogP) is 3.06. The van der Waals surface area contributed by atoms with Gasteiger partial charge in [-0.25, -0.2) is 4.98 Å². The van der Waals surface area contributed by atoms with Gasteiger partial charge < -0.3 is 20.2 Å². The minimum atomic E-state index is 0.284. The maximum Gasteiger partial charge on any atom is 0.229 e. The van der Waals surface area contributed by atoms with Crippen molar-refractivity contribution in [1.29, 1.82) is 0 Å². The first-order valence-corrected chi connectivity index (χ1v) is 10.9. The molecule has 1 fully saturated rings. The molecule has 1 saturated heterocycles. The lowest BCUT2D eigenvalue weighted by molar-refractivity contribution is 0.475. The summed E-state index contributed by atoms with van der Waals surface area (Å²) in [5.74, 6) is 1.74. The Morgan fingerprint density at radius 2 is 1.75 bits per heavy atom. The Kier molecular flexibility index (Phi) is 5.45. The Hall–Kier alpha value is -3.88. The lowest BCUT2D eigenvalue weighted by atomic mass is 10.2. The smallest absolute Gasteiger partial charge is 0.229 e. The molecule has 32 heavy (non-hydrogen) atoms. The molecule has 0 aliphatic carbocycles. The normalized spacial score (nSPS) is 14.2. The number of aromatic nitrogens is 5. The largest absolute Gasteiger partial charge is 0.508 e. The van der Waals surface area contributed by atoms with Crippen molar-refractivity contribution in [2.24, 2.45) is 0 Å². The van der Waals surface area contributed by atoms with E-state index < -0.39 is 0 Å². The molecule has 4 heterocycles. The fraction of sp³-hybridized carbons (Fsp3) is 0.304. The van der Waals surface area contributed by atoms with E-state index in [0.29, 0.717) is 5.95 Å². The molecule has 9 nitrogen and oxygen atoms in total. The average molecular weight is 431 g/mol. The van der Waals surface area contributed by atoms with Crippen molar-refractivity contribution in [3.8, 4) is 11.4 Å². The third-order valence-corrected chi connectivity index (χ3v) is 5.63. The molecular formula is C23H26N8O. The van der Waals surface area contributed by atoms with Crippen molar-refractivity contribution < 1.29 is 5.11 Å². The van der Waals surface area contributed by atoms with Gasteiger partial charge in [-0.05, 0) is 42.8 Å². The van der Waals surface area contributed by atoms with Crippen molar-refractivity contribution >= 4 is 28.6 Å². The first-order chi connectivity index (χ1) is 15.7. The molecule has 0 amide bonds. The lowest BCUT2D eigenvalue weighted by Gasteiger charge is -2.36. The van der Waals surface area contributed by atoms with Crippen molar-refractivity contribution in [1.82, 2.24) is 24.5 Å². The Labute approximate surface area is 186 Å². The summed E-state index contributed by atoms with van der Waals surface area (Å²) in [5.41, 5.74) is 3.55. The number of anilines is 3. The second kappa shape index (κ2) is 8.70. The van der Waals surface area contributed by atoms with Gasteiger partial charge in [0.15, 0.2) is 17.0 Å². The van der Waals surface area contributed by atoms with Crippen LogP contribution in [0.5, 0.6) is 5.75 Å². The fourth-order valence-corrected chi connectivity index (χ4v) is 3.91. The first kappa shape index (κ1) is 20.0. The minimum Gasteiger partial charge on any atom is -0.508 e. The number of fused-ring (bicyclic) bond motifs is 1.